The molecule has 0 heterocycles. The van der Waals surface area contributed by atoms with E-state index in [9.17, 15) is 0 Å². The van der Waals surface area contributed by atoms with Gasteiger partial charge in [-0.3, -0.25) is 0 Å². The van der Waals surface area contributed by atoms with Gasteiger partial charge >= 0.3 is 0 Å². The summed E-state index contributed by atoms with van der Waals surface area (Å²) in [5.74, 6) is 0. The number of thiocarbonyl (C=S) groups is 1. The van der Waals surface area contributed by atoms with Gasteiger partial charge < -0.3 is 24.7 Å². The summed E-state index contributed by atoms with van der Waals surface area (Å²) in [6.07, 6.45) is 2.26. The van der Waals surface area contributed by atoms with E-state index in [-0.39, 0.29) is 0 Å². The van der Waals surface area contributed by atoms with Crippen LogP contribution in [0.25, 0.3) is 0 Å². The monoisotopic (exact) mass is 279 g/mol. The van der Waals surface area contributed by atoms with Gasteiger partial charge in [0, 0.05) is 6.61 Å². The number of unbranched alkanes of at least 4 members (excludes halogenated alkanes) is 1. The summed E-state index contributed by atoms with van der Waals surface area (Å²) in [6.45, 7) is 6.69. The lowest BCUT2D eigenvalue weighted by atomic mass is 10.4. The SMILES string of the molecule is CCCCOCCOCCOCCOCC(N)=S. The van der Waals surface area contributed by atoms with Crippen molar-refractivity contribution in [1.82, 2.24) is 0 Å². The third-order valence-electron chi connectivity index (χ3n) is 2.00. The first-order valence-electron chi connectivity index (χ1n) is 6.36. The van der Waals surface area contributed by atoms with Crippen molar-refractivity contribution in [2.45, 2.75) is 19.8 Å². The maximum Gasteiger partial charge on any atom is 0.0989 e. The summed E-state index contributed by atoms with van der Waals surface area (Å²) >= 11 is 4.66. The Morgan fingerprint density at radius 1 is 0.833 bits per heavy atom. The Bertz CT molecular complexity index is 193. The maximum absolute atomic E-state index is 5.35. The van der Waals surface area contributed by atoms with Crippen LogP contribution in [-0.4, -0.2) is 57.8 Å². The van der Waals surface area contributed by atoms with Crippen LogP contribution in [0.4, 0.5) is 0 Å². The average Bonchev–Trinajstić information content (AvgIpc) is 2.34. The van der Waals surface area contributed by atoms with E-state index in [4.69, 9.17) is 24.7 Å². The van der Waals surface area contributed by atoms with Crippen molar-refractivity contribution in [3.63, 3.8) is 0 Å². The molecular formula is C12H25NO4S. The number of ether oxygens (including phenoxy) is 4. The molecule has 0 spiro atoms. The molecule has 6 heteroatoms. The van der Waals surface area contributed by atoms with Crippen LogP contribution in [0.3, 0.4) is 0 Å². The molecule has 0 aromatic carbocycles. The molecule has 0 aliphatic rings. The van der Waals surface area contributed by atoms with Crippen LogP contribution < -0.4 is 5.73 Å². The zero-order valence-corrected chi connectivity index (χ0v) is 12.0. The molecular weight excluding hydrogens is 254 g/mol. The van der Waals surface area contributed by atoms with Crippen molar-refractivity contribution in [2.24, 2.45) is 5.73 Å². The zero-order chi connectivity index (χ0) is 13.5. The fraction of sp³-hybridized carbons (Fsp3) is 0.917. The maximum atomic E-state index is 5.35. The fourth-order valence-corrected chi connectivity index (χ4v) is 1.16. The minimum absolute atomic E-state index is 0.310. The number of rotatable bonds is 14. The topological polar surface area (TPSA) is 62.9 Å². The second kappa shape index (κ2) is 14.8. The molecule has 0 amide bonds. The van der Waals surface area contributed by atoms with Crippen molar-refractivity contribution < 1.29 is 18.9 Å². The minimum atomic E-state index is 0.310. The summed E-state index contributed by atoms with van der Waals surface area (Å²) in [5, 5.41) is 0. The molecule has 5 nitrogen and oxygen atoms in total. The standard InChI is InChI=1S/C12H25NO4S/c1-2-3-4-14-5-6-15-7-8-16-9-10-17-11-12(13)18/h2-11H2,1H3,(H2,13,18). The first-order valence-corrected chi connectivity index (χ1v) is 6.77. The van der Waals surface area contributed by atoms with Crippen molar-refractivity contribution in [2.75, 3.05) is 52.9 Å². The molecule has 18 heavy (non-hydrogen) atoms. The molecule has 0 atom stereocenters. The summed E-state index contributed by atoms with van der Waals surface area (Å²) in [5.41, 5.74) is 5.27. The quantitative estimate of drug-likeness (QED) is 0.380. The first kappa shape index (κ1) is 17.7. The molecule has 2 N–H and O–H groups in total. The van der Waals surface area contributed by atoms with Gasteiger partial charge in [-0.2, -0.15) is 0 Å². The first-order chi connectivity index (χ1) is 8.77. The van der Waals surface area contributed by atoms with Crippen LogP contribution in [0.1, 0.15) is 19.8 Å². The van der Waals surface area contributed by atoms with Crippen LogP contribution in [0, 0.1) is 0 Å². The molecule has 0 saturated heterocycles. The molecule has 0 radical (unpaired) electrons. The van der Waals surface area contributed by atoms with Gasteiger partial charge in [-0.05, 0) is 6.42 Å². The van der Waals surface area contributed by atoms with E-state index in [1.807, 2.05) is 0 Å². The van der Waals surface area contributed by atoms with Crippen LogP contribution >= 0.6 is 12.2 Å². The summed E-state index contributed by atoms with van der Waals surface area (Å²) in [7, 11) is 0. The Kier molecular flexibility index (Phi) is 14.6. The highest BCUT2D eigenvalue weighted by molar-refractivity contribution is 7.80. The summed E-state index contributed by atoms with van der Waals surface area (Å²) < 4.78 is 21.1. The van der Waals surface area contributed by atoms with Gasteiger partial charge in [0.25, 0.3) is 0 Å². The third-order valence-corrected chi connectivity index (χ3v) is 2.12. The predicted molar refractivity (Wildman–Crippen MR) is 75.0 cm³/mol. The van der Waals surface area contributed by atoms with E-state index in [0.29, 0.717) is 51.2 Å². The van der Waals surface area contributed by atoms with Crippen LogP contribution in [-0.2, 0) is 18.9 Å². The summed E-state index contributed by atoms with van der Waals surface area (Å²) in [4.78, 5) is 0.362. The second-order valence-corrected chi connectivity index (χ2v) is 4.23. The molecule has 0 rings (SSSR count). The predicted octanol–water partition coefficient (Wildman–Crippen LogP) is 1.14. The molecule has 0 bridgehead atoms. The highest BCUT2D eigenvalue weighted by atomic mass is 32.1. The fourth-order valence-electron chi connectivity index (χ4n) is 1.08. The van der Waals surface area contributed by atoms with Crippen molar-refractivity contribution >= 4 is 17.2 Å². The smallest absolute Gasteiger partial charge is 0.0989 e. The van der Waals surface area contributed by atoms with E-state index in [0.717, 1.165) is 19.4 Å². The Labute approximate surface area is 115 Å². The highest BCUT2D eigenvalue weighted by Crippen LogP contribution is 1.88. The van der Waals surface area contributed by atoms with E-state index < -0.39 is 0 Å². The van der Waals surface area contributed by atoms with Gasteiger partial charge in [0.2, 0.25) is 0 Å². The van der Waals surface area contributed by atoms with E-state index in [1.54, 1.807) is 0 Å². The molecule has 108 valence electrons. The minimum Gasteiger partial charge on any atom is -0.391 e. The van der Waals surface area contributed by atoms with Crippen LogP contribution in [0.5, 0.6) is 0 Å². The average molecular weight is 279 g/mol. The van der Waals surface area contributed by atoms with Gasteiger partial charge in [0.1, 0.15) is 0 Å². The van der Waals surface area contributed by atoms with Gasteiger partial charge in [-0.25, -0.2) is 0 Å². The molecule has 0 aromatic rings. The number of hydrogen-bond donors (Lipinski definition) is 1. The van der Waals surface area contributed by atoms with Crippen LogP contribution in [0.2, 0.25) is 0 Å². The molecule has 0 unspecified atom stereocenters. The number of nitrogens with two attached hydrogens (primary N) is 1. The van der Waals surface area contributed by atoms with E-state index >= 15 is 0 Å². The Morgan fingerprint density at radius 2 is 1.28 bits per heavy atom. The van der Waals surface area contributed by atoms with E-state index in [1.165, 1.54) is 0 Å². The van der Waals surface area contributed by atoms with Gasteiger partial charge in [-0.15, -0.1) is 0 Å². The lowest BCUT2D eigenvalue weighted by Crippen LogP contribution is -2.18. The van der Waals surface area contributed by atoms with E-state index in [2.05, 4.69) is 19.1 Å². The lowest BCUT2D eigenvalue weighted by Gasteiger charge is -2.07. The normalized spacial score (nSPS) is 10.7. The second-order valence-electron chi connectivity index (χ2n) is 3.71. The van der Waals surface area contributed by atoms with Gasteiger partial charge in [0.05, 0.1) is 51.2 Å². The van der Waals surface area contributed by atoms with Crippen LogP contribution in [0.15, 0.2) is 0 Å². The Morgan fingerprint density at radius 3 is 1.72 bits per heavy atom. The molecule has 0 aromatic heterocycles. The zero-order valence-electron chi connectivity index (χ0n) is 11.2. The van der Waals surface area contributed by atoms with Crippen molar-refractivity contribution in [3.05, 3.63) is 0 Å². The third kappa shape index (κ3) is 15.7. The largest absolute Gasteiger partial charge is 0.391 e. The molecule has 0 aliphatic carbocycles. The Hall–Kier alpha value is -0.270. The molecule has 0 saturated carbocycles. The molecule has 0 aliphatic heterocycles. The lowest BCUT2D eigenvalue weighted by molar-refractivity contribution is 0.00148. The van der Waals surface area contributed by atoms with Crippen molar-refractivity contribution in [3.8, 4) is 0 Å². The molecule has 0 fully saturated rings. The Balaban J connectivity index is 2.92. The number of hydrogen-bond acceptors (Lipinski definition) is 5. The summed E-state index contributed by atoms with van der Waals surface area (Å²) in [6, 6.07) is 0. The van der Waals surface area contributed by atoms with Gasteiger partial charge in [-0.1, -0.05) is 25.6 Å². The van der Waals surface area contributed by atoms with Crippen molar-refractivity contribution in [1.29, 1.82) is 0 Å². The highest BCUT2D eigenvalue weighted by Gasteiger charge is 1.93. The van der Waals surface area contributed by atoms with Gasteiger partial charge in [0.15, 0.2) is 0 Å².